The number of benzene rings is 1. The summed E-state index contributed by atoms with van der Waals surface area (Å²) in [6, 6.07) is 7.40. The molecule has 0 saturated carbocycles. The summed E-state index contributed by atoms with van der Waals surface area (Å²) in [6.07, 6.45) is 0.0627. The van der Waals surface area contributed by atoms with Crippen molar-refractivity contribution in [3.8, 4) is 0 Å². The Bertz CT molecular complexity index is 646. The highest BCUT2D eigenvalue weighted by molar-refractivity contribution is 5.96. The van der Waals surface area contributed by atoms with Gasteiger partial charge < -0.3 is 19.3 Å². The van der Waals surface area contributed by atoms with E-state index in [1.165, 1.54) is 16.7 Å². The molecule has 2 amide bonds. The Morgan fingerprint density at radius 1 is 1.28 bits per heavy atom. The van der Waals surface area contributed by atoms with Crippen LogP contribution in [0.5, 0.6) is 0 Å². The summed E-state index contributed by atoms with van der Waals surface area (Å²) < 4.78 is 10.7. The molecule has 2 rings (SSSR count). The first kappa shape index (κ1) is 18.9. The molecule has 0 radical (unpaired) electrons. The predicted molar refractivity (Wildman–Crippen MR) is 92.0 cm³/mol. The van der Waals surface area contributed by atoms with Gasteiger partial charge in [-0.3, -0.25) is 9.59 Å². The number of nitrogens with zero attached hydrogens (tertiary/aromatic N) is 2. The summed E-state index contributed by atoms with van der Waals surface area (Å²) >= 11 is 0. The van der Waals surface area contributed by atoms with Crippen LogP contribution < -0.4 is 4.90 Å². The molecule has 25 heavy (non-hydrogen) atoms. The third-order valence-corrected chi connectivity index (χ3v) is 4.16. The lowest BCUT2D eigenvalue weighted by molar-refractivity contribution is -0.151. The highest BCUT2D eigenvalue weighted by Gasteiger charge is 2.27. The zero-order valence-corrected chi connectivity index (χ0v) is 14.9. The number of para-hydroxylation sites is 1. The number of amides is 2. The van der Waals surface area contributed by atoms with E-state index in [9.17, 15) is 14.4 Å². The van der Waals surface area contributed by atoms with Crippen LogP contribution in [-0.2, 0) is 23.9 Å². The molecular formula is C18H24N2O5. The molecule has 0 aliphatic carbocycles. The second kappa shape index (κ2) is 8.62. The van der Waals surface area contributed by atoms with Gasteiger partial charge in [-0.05, 0) is 19.4 Å². The zero-order valence-electron chi connectivity index (χ0n) is 14.9. The minimum atomic E-state index is -0.437. The number of carbonyl (C=O) groups excluding carboxylic acids is 3. The molecule has 1 heterocycles. The fourth-order valence-electron chi connectivity index (χ4n) is 2.79. The first-order valence-electron chi connectivity index (χ1n) is 8.32. The predicted octanol–water partition coefficient (Wildman–Crippen LogP) is 1.52. The molecule has 1 unspecified atom stereocenters. The normalized spacial score (nSPS) is 18.0. The van der Waals surface area contributed by atoms with E-state index in [4.69, 9.17) is 9.47 Å². The third kappa shape index (κ3) is 4.79. The summed E-state index contributed by atoms with van der Waals surface area (Å²) in [5.74, 6) is -0.779. The SMILES string of the molecule is CCOC(=O)COC1CCN(C(C)=O)CC(=O)N(C)c2ccccc21. The molecule has 1 aromatic carbocycles. The summed E-state index contributed by atoms with van der Waals surface area (Å²) in [7, 11) is 1.67. The van der Waals surface area contributed by atoms with E-state index in [0.717, 1.165) is 5.56 Å². The van der Waals surface area contributed by atoms with Crippen LogP contribution in [-0.4, -0.2) is 56.0 Å². The highest BCUT2D eigenvalue weighted by Crippen LogP contribution is 2.32. The van der Waals surface area contributed by atoms with Crippen molar-refractivity contribution in [2.45, 2.75) is 26.4 Å². The maximum atomic E-state index is 12.5. The van der Waals surface area contributed by atoms with Crippen LogP contribution in [0.25, 0.3) is 0 Å². The number of likely N-dealkylation sites (N-methyl/N-ethyl adjacent to an activating group) is 1. The molecule has 0 bridgehead atoms. The lowest BCUT2D eigenvalue weighted by atomic mass is 10.0. The van der Waals surface area contributed by atoms with E-state index in [-0.39, 0.29) is 25.0 Å². The fraction of sp³-hybridized carbons (Fsp3) is 0.500. The molecule has 7 heteroatoms. The number of rotatable bonds is 4. The molecular weight excluding hydrogens is 324 g/mol. The first-order chi connectivity index (χ1) is 11.9. The number of ether oxygens (including phenoxy) is 2. The number of hydrogen-bond donors (Lipinski definition) is 0. The van der Waals surface area contributed by atoms with Gasteiger partial charge in [0.2, 0.25) is 11.8 Å². The number of anilines is 1. The largest absolute Gasteiger partial charge is 0.464 e. The number of hydrogen-bond acceptors (Lipinski definition) is 5. The third-order valence-electron chi connectivity index (χ3n) is 4.16. The molecule has 0 fully saturated rings. The minimum Gasteiger partial charge on any atom is -0.464 e. The Morgan fingerprint density at radius 2 is 2.00 bits per heavy atom. The monoisotopic (exact) mass is 348 g/mol. The second-order valence-electron chi connectivity index (χ2n) is 5.85. The van der Waals surface area contributed by atoms with Crippen LogP contribution >= 0.6 is 0 Å². The topological polar surface area (TPSA) is 76.1 Å². The van der Waals surface area contributed by atoms with Crippen LogP contribution in [0, 0.1) is 0 Å². The van der Waals surface area contributed by atoms with Gasteiger partial charge in [0.1, 0.15) is 13.2 Å². The minimum absolute atomic E-state index is 0.0186. The van der Waals surface area contributed by atoms with Gasteiger partial charge in [-0.25, -0.2) is 4.79 Å². The Labute approximate surface area is 147 Å². The van der Waals surface area contributed by atoms with E-state index in [1.807, 2.05) is 24.3 Å². The molecule has 7 nitrogen and oxygen atoms in total. The van der Waals surface area contributed by atoms with Crippen molar-refractivity contribution in [2.75, 3.05) is 38.3 Å². The van der Waals surface area contributed by atoms with Gasteiger partial charge in [0.25, 0.3) is 0 Å². The van der Waals surface area contributed by atoms with Crippen molar-refractivity contribution >= 4 is 23.5 Å². The van der Waals surface area contributed by atoms with Crippen LogP contribution in [0.2, 0.25) is 0 Å². The Kier molecular flexibility index (Phi) is 6.52. The molecule has 1 aromatic rings. The summed E-state index contributed by atoms with van der Waals surface area (Å²) in [5, 5.41) is 0. The lowest BCUT2D eigenvalue weighted by Crippen LogP contribution is -2.40. The van der Waals surface area contributed by atoms with Crippen molar-refractivity contribution in [1.29, 1.82) is 0 Å². The maximum absolute atomic E-state index is 12.5. The van der Waals surface area contributed by atoms with Crippen molar-refractivity contribution in [3.05, 3.63) is 29.8 Å². The van der Waals surface area contributed by atoms with Gasteiger partial charge in [0.15, 0.2) is 0 Å². The van der Waals surface area contributed by atoms with Crippen LogP contribution in [0.3, 0.4) is 0 Å². The van der Waals surface area contributed by atoms with Gasteiger partial charge >= 0.3 is 5.97 Å². The average Bonchev–Trinajstić information content (AvgIpc) is 2.64. The molecule has 0 saturated heterocycles. The smallest absolute Gasteiger partial charge is 0.332 e. The van der Waals surface area contributed by atoms with E-state index in [2.05, 4.69) is 0 Å². The zero-order chi connectivity index (χ0) is 18.4. The first-order valence-corrected chi connectivity index (χ1v) is 8.32. The summed E-state index contributed by atoms with van der Waals surface area (Å²) in [6.45, 7) is 3.68. The van der Waals surface area contributed by atoms with E-state index >= 15 is 0 Å². The quantitative estimate of drug-likeness (QED) is 0.771. The number of fused-ring (bicyclic) bond motifs is 1. The Balaban J connectivity index is 2.30. The van der Waals surface area contributed by atoms with Crippen molar-refractivity contribution in [3.63, 3.8) is 0 Å². The second-order valence-corrected chi connectivity index (χ2v) is 5.85. The molecule has 0 N–H and O–H groups in total. The van der Waals surface area contributed by atoms with Gasteiger partial charge in [0, 0.05) is 31.8 Å². The standard InChI is InChI=1S/C18H24N2O5/c1-4-24-18(23)12-25-16-9-10-20(13(2)21)11-17(22)19(3)15-8-6-5-7-14(15)16/h5-8,16H,4,9-12H2,1-3H3. The van der Waals surface area contributed by atoms with Gasteiger partial charge in [-0.15, -0.1) is 0 Å². The fourth-order valence-corrected chi connectivity index (χ4v) is 2.79. The summed E-state index contributed by atoms with van der Waals surface area (Å²) in [5.41, 5.74) is 1.53. The average molecular weight is 348 g/mol. The molecule has 0 spiro atoms. The molecule has 1 atom stereocenters. The van der Waals surface area contributed by atoms with Gasteiger partial charge in [-0.1, -0.05) is 18.2 Å². The molecule has 1 aliphatic rings. The van der Waals surface area contributed by atoms with E-state index in [0.29, 0.717) is 25.3 Å². The Hall–Kier alpha value is -2.41. The van der Waals surface area contributed by atoms with Crippen LogP contribution in [0.4, 0.5) is 5.69 Å². The van der Waals surface area contributed by atoms with Crippen molar-refractivity contribution < 1.29 is 23.9 Å². The van der Waals surface area contributed by atoms with Crippen molar-refractivity contribution in [1.82, 2.24) is 4.90 Å². The molecule has 1 aliphatic heterocycles. The van der Waals surface area contributed by atoms with E-state index < -0.39 is 12.1 Å². The van der Waals surface area contributed by atoms with Crippen LogP contribution in [0.1, 0.15) is 31.9 Å². The molecule has 136 valence electrons. The molecule has 0 aromatic heterocycles. The van der Waals surface area contributed by atoms with Crippen molar-refractivity contribution in [2.24, 2.45) is 0 Å². The highest BCUT2D eigenvalue weighted by atomic mass is 16.6. The van der Waals surface area contributed by atoms with E-state index in [1.54, 1.807) is 14.0 Å². The number of esters is 1. The number of carbonyl (C=O) groups is 3. The van der Waals surface area contributed by atoms with Gasteiger partial charge in [0.05, 0.1) is 12.7 Å². The lowest BCUT2D eigenvalue weighted by Gasteiger charge is -2.23. The summed E-state index contributed by atoms with van der Waals surface area (Å²) in [4.78, 5) is 38.9. The Morgan fingerprint density at radius 3 is 2.68 bits per heavy atom. The maximum Gasteiger partial charge on any atom is 0.332 e. The van der Waals surface area contributed by atoms with Crippen LogP contribution in [0.15, 0.2) is 24.3 Å². The van der Waals surface area contributed by atoms with Gasteiger partial charge in [-0.2, -0.15) is 0 Å².